The first kappa shape index (κ1) is 12.3. The number of para-hydroxylation sites is 2. The van der Waals surface area contributed by atoms with Crippen molar-refractivity contribution < 1.29 is 9.47 Å². The van der Waals surface area contributed by atoms with Gasteiger partial charge in [-0.15, -0.1) is 10.2 Å². The number of methoxy groups -OCH3 is 1. The highest BCUT2D eigenvalue weighted by Crippen LogP contribution is 2.26. The summed E-state index contributed by atoms with van der Waals surface area (Å²) >= 11 is 0. The minimum atomic E-state index is 0.260. The molecule has 102 valence electrons. The second kappa shape index (κ2) is 5.08. The SMILES string of the molecule is COc1ccccc1OCc1nnc2cccc(N)n12. The van der Waals surface area contributed by atoms with Gasteiger partial charge >= 0.3 is 0 Å². The van der Waals surface area contributed by atoms with E-state index < -0.39 is 0 Å². The Morgan fingerprint density at radius 3 is 2.65 bits per heavy atom. The maximum atomic E-state index is 5.93. The van der Waals surface area contributed by atoms with Crippen molar-refractivity contribution in [1.82, 2.24) is 14.6 Å². The molecule has 6 heteroatoms. The van der Waals surface area contributed by atoms with Crippen LogP contribution in [0.3, 0.4) is 0 Å². The number of anilines is 1. The number of nitrogens with zero attached hydrogens (tertiary/aromatic N) is 3. The molecule has 1 aromatic carbocycles. The number of rotatable bonds is 4. The number of ether oxygens (including phenoxy) is 2. The Labute approximate surface area is 115 Å². The monoisotopic (exact) mass is 270 g/mol. The standard InChI is InChI=1S/C14H14N4O2/c1-19-10-5-2-3-6-11(10)20-9-14-17-16-13-8-4-7-12(15)18(13)14/h2-8H,9,15H2,1H3. The quantitative estimate of drug-likeness (QED) is 0.783. The molecular weight excluding hydrogens is 256 g/mol. The summed E-state index contributed by atoms with van der Waals surface area (Å²) in [4.78, 5) is 0. The van der Waals surface area contributed by atoms with E-state index in [1.54, 1.807) is 17.6 Å². The second-order valence-corrected chi connectivity index (χ2v) is 4.20. The van der Waals surface area contributed by atoms with Gasteiger partial charge in [0.25, 0.3) is 0 Å². The molecule has 2 aromatic heterocycles. The van der Waals surface area contributed by atoms with E-state index in [0.29, 0.717) is 28.8 Å². The summed E-state index contributed by atoms with van der Waals surface area (Å²) in [5.74, 6) is 2.55. The minimum absolute atomic E-state index is 0.260. The van der Waals surface area contributed by atoms with Gasteiger partial charge in [-0.2, -0.15) is 0 Å². The van der Waals surface area contributed by atoms with E-state index in [9.17, 15) is 0 Å². The van der Waals surface area contributed by atoms with E-state index in [-0.39, 0.29) is 6.61 Å². The van der Waals surface area contributed by atoms with Gasteiger partial charge in [-0.3, -0.25) is 4.40 Å². The van der Waals surface area contributed by atoms with Crippen LogP contribution in [-0.4, -0.2) is 21.7 Å². The number of aromatic nitrogens is 3. The Hall–Kier alpha value is -2.76. The Bertz CT molecular complexity index is 739. The first-order chi connectivity index (χ1) is 9.79. The normalized spacial score (nSPS) is 10.7. The Morgan fingerprint density at radius 2 is 1.85 bits per heavy atom. The summed E-state index contributed by atoms with van der Waals surface area (Å²) in [7, 11) is 1.60. The van der Waals surface area contributed by atoms with E-state index in [1.165, 1.54) is 0 Å². The molecular formula is C14H14N4O2. The van der Waals surface area contributed by atoms with Gasteiger partial charge in [0.15, 0.2) is 23.0 Å². The smallest absolute Gasteiger partial charge is 0.177 e. The number of fused-ring (bicyclic) bond motifs is 1. The van der Waals surface area contributed by atoms with Crippen molar-refractivity contribution in [2.45, 2.75) is 6.61 Å². The van der Waals surface area contributed by atoms with Crippen LogP contribution in [0.5, 0.6) is 11.5 Å². The molecule has 3 rings (SSSR count). The first-order valence-electron chi connectivity index (χ1n) is 6.14. The molecule has 0 aliphatic carbocycles. The van der Waals surface area contributed by atoms with Crippen LogP contribution in [0.2, 0.25) is 0 Å². The molecule has 0 aliphatic rings. The van der Waals surface area contributed by atoms with Gasteiger partial charge in [-0.1, -0.05) is 18.2 Å². The molecule has 0 atom stereocenters. The van der Waals surface area contributed by atoms with Crippen molar-refractivity contribution in [2.24, 2.45) is 0 Å². The van der Waals surface area contributed by atoms with Crippen LogP contribution in [0.25, 0.3) is 5.65 Å². The van der Waals surface area contributed by atoms with Crippen LogP contribution in [-0.2, 0) is 6.61 Å². The third-order valence-corrected chi connectivity index (χ3v) is 2.95. The summed E-state index contributed by atoms with van der Waals surface area (Å²) in [5, 5.41) is 8.15. The largest absolute Gasteiger partial charge is 0.493 e. The predicted octanol–water partition coefficient (Wildman–Crippen LogP) is 1.90. The molecule has 2 heterocycles. The molecule has 0 saturated heterocycles. The van der Waals surface area contributed by atoms with Crippen LogP contribution in [0.1, 0.15) is 5.82 Å². The number of hydrogen-bond acceptors (Lipinski definition) is 5. The predicted molar refractivity (Wildman–Crippen MR) is 74.7 cm³/mol. The Kier molecular flexibility index (Phi) is 3.12. The van der Waals surface area contributed by atoms with Crippen LogP contribution >= 0.6 is 0 Å². The van der Waals surface area contributed by atoms with Crippen LogP contribution < -0.4 is 15.2 Å². The van der Waals surface area contributed by atoms with Crippen LogP contribution in [0.4, 0.5) is 5.82 Å². The number of benzene rings is 1. The number of nitrogen functional groups attached to an aromatic ring is 1. The zero-order chi connectivity index (χ0) is 13.9. The summed E-state index contributed by atoms with van der Waals surface area (Å²) in [6.07, 6.45) is 0. The van der Waals surface area contributed by atoms with Crippen molar-refractivity contribution in [3.05, 3.63) is 48.3 Å². The Morgan fingerprint density at radius 1 is 1.05 bits per heavy atom. The molecule has 0 radical (unpaired) electrons. The third kappa shape index (κ3) is 2.11. The molecule has 0 fully saturated rings. The van der Waals surface area contributed by atoms with Gasteiger partial charge in [0.05, 0.1) is 7.11 Å². The Balaban J connectivity index is 1.87. The summed E-state index contributed by atoms with van der Waals surface area (Å²) in [6.45, 7) is 0.260. The topological polar surface area (TPSA) is 74.7 Å². The van der Waals surface area contributed by atoms with Crippen LogP contribution in [0.15, 0.2) is 42.5 Å². The van der Waals surface area contributed by atoms with Crippen molar-refractivity contribution >= 4 is 11.5 Å². The fourth-order valence-corrected chi connectivity index (χ4v) is 2.00. The maximum absolute atomic E-state index is 5.93. The molecule has 0 spiro atoms. The van der Waals surface area contributed by atoms with Crippen molar-refractivity contribution in [3.8, 4) is 11.5 Å². The molecule has 6 nitrogen and oxygen atoms in total. The number of pyridine rings is 1. The van der Waals surface area contributed by atoms with Gasteiger partial charge in [-0.05, 0) is 24.3 Å². The molecule has 2 N–H and O–H groups in total. The minimum Gasteiger partial charge on any atom is -0.493 e. The molecule has 3 aromatic rings. The second-order valence-electron chi connectivity index (χ2n) is 4.20. The lowest BCUT2D eigenvalue weighted by molar-refractivity contribution is 0.275. The third-order valence-electron chi connectivity index (χ3n) is 2.95. The zero-order valence-corrected chi connectivity index (χ0v) is 11.0. The average Bonchev–Trinajstić information content (AvgIpc) is 2.90. The molecule has 0 aliphatic heterocycles. The fourth-order valence-electron chi connectivity index (χ4n) is 2.00. The average molecular weight is 270 g/mol. The summed E-state index contributed by atoms with van der Waals surface area (Å²) < 4.78 is 12.7. The molecule has 20 heavy (non-hydrogen) atoms. The maximum Gasteiger partial charge on any atom is 0.177 e. The molecule has 0 amide bonds. The lowest BCUT2D eigenvalue weighted by Gasteiger charge is -2.09. The summed E-state index contributed by atoms with van der Waals surface area (Å²) in [6, 6.07) is 12.9. The van der Waals surface area contributed by atoms with E-state index in [4.69, 9.17) is 15.2 Å². The highest BCUT2D eigenvalue weighted by atomic mass is 16.5. The number of nitrogens with two attached hydrogens (primary N) is 1. The van der Waals surface area contributed by atoms with Crippen molar-refractivity contribution in [2.75, 3.05) is 12.8 Å². The van der Waals surface area contributed by atoms with E-state index >= 15 is 0 Å². The highest BCUT2D eigenvalue weighted by molar-refractivity contribution is 5.47. The summed E-state index contributed by atoms with van der Waals surface area (Å²) in [5.41, 5.74) is 6.63. The van der Waals surface area contributed by atoms with E-state index in [1.807, 2.05) is 36.4 Å². The van der Waals surface area contributed by atoms with E-state index in [0.717, 1.165) is 0 Å². The molecule has 0 bridgehead atoms. The lowest BCUT2D eigenvalue weighted by Crippen LogP contribution is -2.05. The van der Waals surface area contributed by atoms with Crippen LogP contribution in [0, 0.1) is 0 Å². The zero-order valence-electron chi connectivity index (χ0n) is 11.0. The first-order valence-corrected chi connectivity index (χ1v) is 6.14. The fraction of sp³-hybridized carbons (Fsp3) is 0.143. The lowest BCUT2D eigenvalue weighted by atomic mass is 10.3. The van der Waals surface area contributed by atoms with Gasteiger partial charge < -0.3 is 15.2 Å². The van der Waals surface area contributed by atoms with Gasteiger partial charge in [0.2, 0.25) is 0 Å². The van der Waals surface area contributed by atoms with Gasteiger partial charge in [0.1, 0.15) is 12.4 Å². The van der Waals surface area contributed by atoms with Gasteiger partial charge in [0, 0.05) is 0 Å². The molecule has 0 saturated carbocycles. The molecule has 0 unspecified atom stereocenters. The van der Waals surface area contributed by atoms with Gasteiger partial charge in [-0.25, -0.2) is 0 Å². The van der Waals surface area contributed by atoms with Crippen molar-refractivity contribution in [1.29, 1.82) is 0 Å². The van der Waals surface area contributed by atoms with E-state index in [2.05, 4.69) is 10.2 Å². The number of hydrogen-bond donors (Lipinski definition) is 1. The highest BCUT2D eigenvalue weighted by Gasteiger charge is 2.09. The van der Waals surface area contributed by atoms with Crippen molar-refractivity contribution in [3.63, 3.8) is 0 Å².